The molecule has 0 aliphatic carbocycles. The van der Waals surface area contributed by atoms with Crippen molar-refractivity contribution in [1.82, 2.24) is 10.2 Å². The predicted octanol–water partition coefficient (Wildman–Crippen LogP) is 5.11. The molecule has 0 aliphatic rings. The fraction of sp³-hybridized carbons (Fsp3) is 0.417. The Morgan fingerprint density at radius 1 is 1.05 bits per heavy atom. The lowest BCUT2D eigenvalue weighted by Gasteiger charge is -2.32. The lowest BCUT2D eigenvalue weighted by molar-refractivity contribution is -0.139. The van der Waals surface area contributed by atoms with Gasteiger partial charge >= 0.3 is 6.18 Å². The molecule has 2 amide bonds. The van der Waals surface area contributed by atoms with Crippen LogP contribution in [0.25, 0.3) is 0 Å². The first-order valence-corrected chi connectivity index (χ1v) is 13.8. The number of rotatable bonds is 10. The summed E-state index contributed by atoms with van der Waals surface area (Å²) in [5.74, 6) is -1.29. The number of carbonyl (C=O) groups is 2. The molecule has 2 aromatic rings. The van der Waals surface area contributed by atoms with Crippen molar-refractivity contribution in [2.75, 3.05) is 17.1 Å². The van der Waals surface area contributed by atoms with Gasteiger partial charge in [0.1, 0.15) is 12.6 Å². The van der Waals surface area contributed by atoms with Crippen molar-refractivity contribution in [3.8, 4) is 0 Å². The molecule has 0 saturated heterocycles. The van der Waals surface area contributed by atoms with Crippen molar-refractivity contribution < 1.29 is 31.2 Å². The summed E-state index contributed by atoms with van der Waals surface area (Å²) in [4.78, 5) is 27.5. The molecule has 2 rings (SSSR count). The average molecular weight is 582 g/mol. The Hall–Kier alpha value is -2.50. The van der Waals surface area contributed by atoms with Crippen molar-refractivity contribution in [2.45, 2.75) is 52.0 Å². The number of sulfonamides is 1. The molecule has 2 unspecified atom stereocenters. The fourth-order valence-corrected chi connectivity index (χ4v) is 4.56. The highest BCUT2D eigenvalue weighted by atomic mass is 35.5. The standard InChI is InChI=1S/C24H28Cl2F3N3O4S/c1-5-15(2)30-23(34)16(3)31(13-17-6-9-19(25)10-7-17)22(33)14-32(37(4,35)36)21-12-18(24(27,28)29)8-11-20(21)26/h6-12,15-16H,5,13-14H2,1-4H3,(H,30,34). The third-order valence-electron chi connectivity index (χ3n) is 5.66. The zero-order valence-electron chi connectivity index (χ0n) is 20.6. The van der Waals surface area contributed by atoms with Crippen LogP contribution < -0.4 is 9.62 Å². The molecule has 2 atom stereocenters. The molecule has 0 spiro atoms. The molecule has 0 radical (unpaired) electrons. The number of amides is 2. The van der Waals surface area contributed by atoms with Crippen LogP contribution in [0.5, 0.6) is 0 Å². The van der Waals surface area contributed by atoms with Gasteiger partial charge in [-0.1, -0.05) is 42.3 Å². The maximum Gasteiger partial charge on any atom is 0.416 e. The number of benzene rings is 2. The maximum absolute atomic E-state index is 13.5. The summed E-state index contributed by atoms with van der Waals surface area (Å²) in [6.45, 7) is 4.17. The van der Waals surface area contributed by atoms with E-state index in [1.165, 1.54) is 6.92 Å². The normalized spacial score (nSPS) is 13.5. The first kappa shape index (κ1) is 30.7. The molecule has 37 heavy (non-hydrogen) atoms. The van der Waals surface area contributed by atoms with E-state index in [0.29, 0.717) is 33.4 Å². The molecule has 0 bridgehead atoms. The van der Waals surface area contributed by atoms with Crippen LogP contribution in [0, 0.1) is 0 Å². The van der Waals surface area contributed by atoms with E-state index in [4.69, 9.17) is 23.2 Å². The number of carbonyl (C=O) groups excluding carboxylic acids is 2. The monoisotopic (exact) mass is 581 g/mol. The lowest BCUT2D eigenvalue weighted by atomic mass is 10.1. The van der Waals surface area contributed by atoms with Crippen LogP contribution in [0.3, 0.4) is 0 Å². The number of alkyl halides is 3. The molecular weight excluding hydrogens is 554 g/mol. The molecule has 1 N–H and O–H groups in total. The van der Waals surface area contributed by atoms with Gasteiger partial charge in [-0.2, -0.15) is 13.2 Å². The van der Waals surface area contributed by atoms with Crippen LogP contribution in [0.4, 0.5) is 18.9 Å². The van der Waals surface area contributed by atoms with Gasteiger partial charge in [-0.3, -0.25) is 13.9 Å². The van der Waals surface area contributed by atoms with E-state index in [0.717, 1.165) is 17.2 Å². The highest BCUT2D eigenvalue weighted by Crippen LogP contribution is 2.36. The molecule has 2 aromatic carbocycles. The van der Waals surface area contributed by atoms with Gasteiger partial charge in [-0.05, 0) is 56.2 Å². The van der Waals surface area contributed by atoms with Crippen molar-refractivity contribution in [2.24, 2.45) is 0 Å². The molecule has 0 fully saturated rings. The molecule has 0 saturated carbocycles. The number of halogens is 5. The molecule has 13 heteroatoms. The molecule has 0 aromatic heterocycles. The van der Waals surface area contributed by atoms with Gasteiger partial charge in [-0.15, -0.1) is 0 Å². The predicted molar refractivity (Wildman–Crippen MR) is 138 cm³/mol. The Labute approximate surface area is 224 Å². The smallest absolute Gasteiger partial charge is 0.352 e. The zero-order valence-corrected chi connectivity index (χ0v) is 23.0. The molecule has 7 nitrogen and oxygen atoms in total. The average Bonchev–Trinajstić information content (AvgIpc) is 2.80. The van der Waals surface area contributed by atoms with E-state index in [9.17, 15) is 31.2 Å². The zero-order chi connectivity index (χ0) is 28.1. The van der Waals surface area contributed by atoms with Crippen LogP contribution in [-0.4, -0.2) is 50.0 Å². The summed E-state index contributed by atoms with van der Waals surface area (Å²) in [6, 6.07) is 7.44. The van der Waals surface area contributed by atoms with E-state index in [2.05, 4.69) is 5.32 Å². The van der Waals surface area contributed by atoms with E-state index < -0.39 is 51.9 Å². The first-order valence-electron chi connectivity index (χ1n) is 11.2. The lowest BCUT2D eigenvalue weighted by Crippen LogP contribution is -2.52. The second-order valence-corrected chi connectivity index (χ2v) is 11.3. The summed E-state index contributed by atoms with van der Waals surface area (Å²) in [7, 11) is -4.26. The van der Waals surface area contributed by atoms with Crippen molar-refractivity contribution in [3.05, 3.63) is 63.6 Å². The van der Waals surface area contributed by atoms with E-state index in [1.807, 2.05) is 6.92 Å². The topological polar surface area (TPSA) is 86.8 Å². The minimum Gasteiger partial charge on any atom is -0.352 e. The van der Waals surface area contributed by atoms with Gasteiger partial charge in [0, 0.05) is 17.6 Å². The number of hydrogen-bond donors (Lipinski definition) is 1. The number of nitrogens with zero attached hydrogens (tertiary/aromatic N) is 2. The van der Waals surface area contributed by atoms with Crippen molar-refractivity contribution in [3.63, 3.8) is 0 Å². The van der Waals surface area contributed by atoms with Crippen LogP contribution in [-0.2, 0) is 32.3 Å². The molecule has 204 valence electrons. The maximum atomic E-state index is 13.5. The minimum atomic E-state index is -4.77. The van der Waals surface area contributed by atoms with Gasteiger partial charge in [0.05, 0.1) is 22.5 Å². The summed E-state index contributed by atoms with van der Waals surface area (Å²) >= 11 is 12.0. The Morgan fingerprint density at radius 3 is 2.16 bits per heavy atom. The van der Waals surface area contributed by atoms with Crippen LogP contribution in [0.2, 0.25) is 10.0 Å². The summed E-state index contributed by atoms with van der Waals surface area (Å²) in [5, 5.41) is 2.93. The largest absolute Gasteiger partial charge is 0.416 e. The molecular formula is C24H28Cl2F3N3O4S. The first-order chi connectivity index (χ1) is 17.0. The minimum absolute atomic E-state index is 0.0843. The van der Waals surface area contributed by atoms with E-state index >= 15 is 0 Å². The number of anilines is 1. The second-order valence-electron chi connectivity index (χ2n) is 8.58. The molecule has 0 heterocycles. The van der Waals surface area contributed by atoms with Gasteiger partial charge < -0.3 is 10.2 Å². The Kier molecular flexibility index (Phi) is 10.3. The van der Waals surface area contributed by atoms with Crippen LogP contribution in [0.1, 0.15) is 38.3 Å². The Morgan fingerprint density at radius 2 is 1.65 bits per heavy atom. The van der Waals surface area contributed by atoms with Gasteiger partial charge in [0.2, 0.25) is 21.8 Å². The van der Waals surface area contributed by atoms with Gasteiger partial charge in [0.25, 0.3) is 0 Å². The SMILES string of the molecule is CCC(C)NC(=O)C(C)N(Cc1ccc(Cl)cc1)C(=O)CN(c1cc(C(F)(F)F)ccc1Cl)S(C)(=O)=O. The summed E-state index contributed by atoms with van der Waals surface area (Å²) in [6.07, 6.45) is -3.38. The van der Waals surface area contributed by atoms with Crippen molar-refractivity contribution in [1.29, 1.82) is 0 Å². The summed E-state index contributed by atoms with van der Waals surface area (Å²) < 4.78 is 65.6. The second kappa shape index (κ2) is 12.4. The number of nitrogens with one attached hydrogen (secondary N) is 1. The third-order valence-corrected chi connectivity index (χ3v) is 7.35. The third kappa shape index (κ3) is 8.51. The van der Waals surface area contributed by atoms with Gasteiger partial charge in [0.15, 0.2) is 0 Å². The fourth-order valence-electron chi connectivity index (χ4n) is 3.31. The Balaban J connectivity index is 2.49. The highest BCUT2D eigenvalue weighted by molar-refractivity contribution is 7.92. The molecule has 0 aliphatic heterocycles. The van der Waals surface area contributed by atoms with Crippen molar-refractivity contribution >= 4 is 50.7 Å². The quantitative estimate of drug-likeness (QED) is 0.422. The highest BCUT2D eigenvalue weighted by Gasteiger charge is 2.34. The summed E-state index contributed by atoms with van der Waals surface area (Å²) in [5.41, 5.74) is -1.04. The van der Waals surface area contributed by atoms with Gasteiger partial charge in [-0.25, -0.2) is 8.42 Å². The van der Waals surface area contributed by atoms with Crippen LogP contribution in [0.15, 0.2) is 42.5 Å². The van der Waals surface area contributed by atoms with E-state index in [1.54, 1.807) is 31.2 Å². The number of hydrogen-bond acceptors (Lipinski definition) is 4. The van der Waals surface area contributed by atoms with Crippen LogP contribution >= 0.6 is 23.2 Å². The van der Waals surface area contributed by atoms with E-state index in [-0.39, 0.29) is 17.6 Å². The Bertz CT molecular complexity index is 1220.